The lowest BCUT2D eigenvalue weighted by atomic mass is 9.99. The standard InChI is InChI=1S/C21H21N3O2/c1-4-14-10-16(11-17-13(2)12-26-19(14)17)18(25)21-22-20(23-24(21)3)15-8-6-5-7-9-15/h5-12,18,25H,4H2,1-3H3. The smallest absolute Gasteiger partial charge is 0.181 e. The van der Waals surface area contributed by atoms with E-state index in [2.05, 4.69) is 17.0 Å². The van der Waals surface area contributed by atoms with E-state index >= 15 is 0 Å². The van der Waals surface area contributed by atoms with E-state index in [1.165, 1.54) is 0 Å². The zero-order chi connectivity index (χ0) is 18.3. The Bertz CT molecular complexity index is 1060. The Morgan fingerprint density at radius 3 is 2.69 bits per heavy atom. The van der Waals surface area contributed by atoms with Crippen LogP contribution in [0, 0.1) is 6.92 Å². The number of aryl methyl sites for hydroxylation is 3. The predicted molar refractivity (Wildman–Crippen MR) is 101 cm³/mol. The Balaban J connectivity index is 1.79. The van der Waals surface area contributed by atoms with Gasteiger partial charge in [-0.1, -0.05) is 37.3 Å². The highest BCUT2D eigenvalue weighted by Gasteiger charge is 2.21. The highest BCUT2D eigenvalue weighted by Crippen LogP contribution is 2.31. The number of aromatic nitrogens is 3. The molecule has 26 heavy (non-hydrogen) atoms. The molecule has 2 heterocycles. The van der Waals surface area contributed by atoms with Crippen molar-refractivity contribution in [2.75, 3.05) is 0 Å². The van der Waals surface area contributed by atoms with Gasteiger partial charge in [0.15, 0.2) is 11.6 Å². The van der Waals surface area contributed by atoms with Gasteiger partial charge in [-0.05, 0) is 42.2 Å². The van der Waals surface area contributed by atoms with Gasteiger partial charge in [-0.2, -0.15) is 5.10 Å². The monoisotopic (exact) mass is 347 g/mol. The van der Waals surface area contributed by atoms with Crippen molar-refractivity contribution in [2.24, 2.45) is 7.05 Å². The molecule has 0 fully saturated rings. The lowest BCUT2D eigenvalue weighted by Gasteiger charge is -2.12. The molecule has 0 aliphatic carbocycles. The second-order valence-electron chi connectivity index (χ2n) is 6.51. The van der Waals surface area contributed by atoms with Gasteiger partial charge in [0, 0.05) is 18.0 Å². The molecule has 0 radical (unpaired) electrons. The van der Waals surface area contributed by atoms with Crippen LogP contribution in [0.2, 0.25) is 0 Å². The van der Waals surface area contributed by atoms with Gasteiger partial charge in [0.25, 0.3) is 0 Å². The second kappa shape index (κ2) is 6.42. The van der Waals surface area contributed by atoms with Crippen LogP contribution >= 0.6 is 0 Å². The number of furan rings is 1. The molecule has 1 N–H and O–H groups in total. The van der Waals surface area contributed by atoms with Gasteiger partial charge in [0.05, 0.1) is 6.26 Å². The number of aliphatic hydroxyl groups is 1. The first-order chi connectivity index (χ1) is 12.6. The molecule has 0 saturated carbocycles. The summed E-state index contributed by atoms with van der Waals surface area (Å²) in [5.74, 6) is 1.13. The molecular weight excluding hydrogens is 326 g/mol. The number of hydrogen-bond acceptors (Lipinski definition) is 4. The minimum atomic E-state index is -0.853. The molecule has 1 atom stereocenters. The minimum Gasteiger partial charge on any atom is -0.464 e. The van der Waals surface area contributed by atoms with Crippen LogP contribution in [0.15, 0.2) is 53.1 Å². The summed E-state index contributed by atoms with van der Waals surface area (Å²) in [5, 5.41) is 16.5. The van der Waals surface area contributed by atoms with E-state index in [0.29, 0.717) is 11.6 Å². The van der Waals surface area contributed by atoms with Gasteiger partial charge in [0.1, 0.15) is 11.7 Å². The fourth-order valence-electron chi connectivity index (χ4n) is 3.27. The third kappa shape index (κ3) is 2.70. The highest BCUT2D eigenvalue weighted by molar-refractivity contribution is 5.84. The Labute approximate surface area is 151 Å². The topological polar surface area (TPSA) is 64.1 Å². The number of aliphatic hydroxyl groups excluding tert-OH is 1. The van der Waals surface area contributed by atoms with E-state index in [0.717, 1.165) is 39.6 Å². The zero-order valence-corrected chi connectivity index (χ0v) is 15.1. The maximum Gasteiger partial charge on any atom is 0.181 e. The number of nitrogens with zero attached hydrogens (tertiary/aromatic N) is 3. The van der Waals surface area contributed by atoms with Crippen molar-refractivity contribution in [3.8, 4) is 11.4 Å². The van der Waals surface area contributed by atoms with Gasteiger partial charge in [0.2, 0.25) is 0 Å². The number of rotatable bonds is 4. The first kappa shape index (κ1) is 16.5. The van der Waals surface area contributed by atoms with Crippen molar-refractivity contribution in [2.45, 2.75) is 26.4 Å². The van der Waals surface area contributed by atoms with Crippen LogP contribution in [-0.2, 0) is 13.5 Å². The van der Waals surface area contributed by atoms with Gasteiger partial charge in [-0.15, -0.1) is 0 Å². The average molecular weight is 347 g/mol. The largest absolute Gasteiger partial charge is 0.464 e. The molecule has 2 aromatic heterocycles. The van der Waals surface area contributed by atoms with Crippen LogP contribution in [0.3, 0.4) is 0 Å². The molecule has 0 aliphatic heterocycles. The molecule has 5 nitrogen and oxygen atoms in total. The summed E-state index contributed by atoms with van der Waals surface area (Å²) in [4.78, 5) is 4.58. The van der Waals surface area contributed by atoms with Gasteiger partial charge in [-0.3, -0.25) is 0 Å². The van der Waals surface area contributed by atoms with Gasteiger partial charge < -0.3 is 9.52 Å². The van der Waals surface area contributed by atoms with E-state index in [4.69, 9.17) is 4.42 Å². The van der Waals surface area contributed by atoms with Crippen molar-refractivity contribution in [3.05, 3.63) is 71.2 Å². The van der Waals surface area contributed by atoms with Crippen LogP contribution in [0.5, 0.6) is 0 Å². The van der Waals surface area contributed by atoms with Gasteiger partial charge in [-0.25, -0.2) is 9.67 Å². The van der Waals surface area contributed by atoms with Crippen LogP contribution in [0.4, 0.5) is 0 Å². The van der Waals surface area contributed by atoms with E-state index in [9.17, 15) is 5.11 Å². The molecule has 0 bridgehead atoms. The molecule has 4 aromatic rings. The molecule has 4 rings (SSSR count). The van der Waals surface area contributed by atoms with Crippen molar-refractivity contribution >= 4 is 11.0 Å². The normalized spacial score (nSPS) is 12.6. The summed E-state index contributed by atoms with van der Waals surface area (Å²) >= 11 is 0. The molecule has 0 saturated heterocycles. The van der Waals surface area contributed by atoms with Crippen molar-refractivity contribution in [1.82, 2.24) is 14.8 Å². The molecule has 5 heteroatoms. The van der Waals surface area contributed by atoms with Crippen LogP contribution < -0.4 is 0 Å². The lowest BCUT2D eigenvalue weighted by Crippen LogP contribution is -2.08. The van der Waals surface area contributed by atoms with Crippen molar-refractivity contribution in [1.29, 1.82) is 0 Å². The Morgan fingerprint density at radius 1 is 1.19 bits per heavy atom. The van der Waals surface area contributed by atoms with Crippen LogP contribution in [0.1, 0.15) is 35.5 Å². The van der Waals surface area contributed by atoms with Crippen LogP contribution in [-0.4, -0.2) is 19.9 Å². The third-order valence-corrected chi connectivity index (χ3v) is 4.74. The summed E-state index contributed by atoms with van der Waals surface area (Å²) in [6.45, 7) is 4.09. The molecule has 1 unspecified atom stereocenters. The van der Waals surface area contributed by atoms with E-state index in [1.54, 1.807) is 18.0 Å². The summed E-state index contributed by atoms with van der Waals surface area (Å²) in [6.07, 6.45) is 1.74. The molecule has 0 spiro atoms. The Kier molecular flexibility index (Phi) is 4.09. The molecule has 132 valence electrons. The second-order valence-corrected chi connectivity index (χ2v) is 6.51. The van der Waals surface area contributed by atoms with Gasteiger partial charge >= 0.3 is 0 Å². The van der Waals surface area contributed by atoms with E-state index in [1.807, 2.05) is 49.4 Å². The first-order valence-electron chi connectivity index (χ1n) is 8.73. The first-order valence-corrected chi connectivity index (χ1v) is 8.73. The maximum atomic E-state index is 11.0. The molecule has 0 amide bonds. The zero-order valence-electron chi connectivity index (χ0n) is 15.1. The predicted octanol–water partition coefficient (Wildman–Crippen LogP) is 4.18. The number of benzene rings is 2. The molecular formula is C21H21N3O2. The quantitative estimate of drug-likeness (QED) is 0.601. The van der Waals surface area contributed by atoms with Crippen molar-refractivity contribution in [3.63, 3.8) is 0 Å². The number of fused-ring (bicyclic) bond motifs is 1. The van der Waals surface area contributed by atoms with E-state index < -0.39 is 6.10 Å². The summed E-state index contributed by atoms with van der Waals surface area (Å²) in [5.41, 5.74) is 4.76. The fraction of sp³-hybridized carbons (Fsp3) is 0.238. The van der Waals surface area contributed by atoms with E-state index in [-0.39, 0.29) is 0 Å². The lowest BCUT2D eigenvalue weighted by molar-refractivity contribution is 0.204. The SMILES string of the molecule is CCc1cc(C(O)c2nc(-c3ccccc3)nn2C)cc2c(C)coc12. The number of hydrogen-bond donors (Lipinski definition) is 1. The summed E-state index contributed by atoms with van der Waals surface area (Å²) in [7, 11) is 1.81. The maximum absolute atomic E-state index is 11.0. The third-order valence-electron chi connectivity index (χ3n) is 4.74. The van der Waals surface area contributed by atoms with Crippen LogP contribution in [0.25, 0.3) is 22.4 Å². The summed E-state index contributed by atoms with van der Waals surface area (Å²) < 4.78 is 7.33. The van der Waals surface area contributed by atoms with Crippen molar-refractivity contribution < 1.29 is 9.52 Å². The Morgan fingerprint density at radius 2 is 1.96 bits per heavy atom. The average Bonchev–Trinajstić information content (AvgIpc) is 3.24. The summed E-state index contributed by atoms with van der Waals surface area (Å²) in [6, 6.07) is 13.7. The Hall–Kier alpha value is -2.92. The fourth-order valence-corrected chi connectivity index (χ4v) is 3.27. The minimum absolute atomic E-state index is 0.520. The molecule has 2 aromatic carbocycles. The molecule has 0 aliphatic rings. The highest BCUT2D eigenvalue weighted by atomic mass is 16.3.